The van der Waals surface area contributed by atoms with Crippen LogP contribution in [-0.4, -0.2) is 83.2 Å². The summed E-state index contributed by atoms with van der Waals surface area (Å²) in [6, 6.07) is 4.74. The molecule has 13 heteroatoms. The quantitative estimate of drug-likeness (QED) is 0.644. The van der Waals surface area contributed by atoms with Crippen molar-refractivity contribution in [3.63, 3.8) is 0 Å². The van der Waals surface area contributed by atoms with E-state index in [2.05, 4.69) is 15.4 Å². The first kappa shape index (κ1) is 23.1. The van der Waals surface area contributed by atoms with E-state index in [1.165, 1.54) is 16.8 Å². The molecule has 0 aliphatic rings. The SMILES string of the molecule is [B]C([B])([B])N(C(=O)Nc1ccc(F)c(-n2cc3cc(C(C)C)cnc3n2)c1)C([B])([B])[B]. The van der Waals surface area contributed by atoms with Gasteiger partial charge in [-0.05, 0) is 35.7 Å². The van der Waals surface area contributed by atoms with Crippen molar-refractivity contribution < 1.29 is 9.18 Å². The summed E-state index contributed by atoms with van der Waals surface area (Å²) in [5.74, 6) is -0.304. The van der Waals surface area contributed by atoms with Crippen LogP contribution in [0.1, 0.15) is 25.3 Å². The number of anilines is 1. The number of pyridine rings is 1. The van der Waals surface area contributed by atoms with Crippen LogP contribution in [-0.2, 0) is 0 Å². The Kier molecular flexibility index (Phi) is 6.09. The fraction of sp³-hybridized carbons (Fsp3) is 0.278. The van der Waals surface area contributed by atoms with E-state index in [4.69, 9.17) is 47.1 Å². The van der Waals surface area contributed by atoms with Crippen molar-refractivity contribution in [3.8, 4) is 5.69 Å². The summed E-state index contributed by atoms with van der Waals surface area (Å²) in [4.78, 5) is 17.3. The molecule has 2 heterocycles. The van der Waals surface area contributed by atoms with E-state index < -0.39 is 22.3 Å². The Hall–Kier alpha value is -2.57. The third-order valence-electron chi connectivity index (χ3n) is 4.47. The number of fused-ring (bicyclic) bond motifs is 1. The average Bonchev–Trinajstić information content (AvgIpc) is 3.03. The summed E-state index contributed by atoms with van der Waals surface area (Å²) in [7, 11) is 33.2. The van der Waals surface area contributed by atoms with E-state index in [0.717, 1.165) is 17.0 Å². The molecule has 0 saturated carbocycles. The zero-order valence-corrected chi connectivity index (χ0v) is 17.1. The molecule has 1 aromatic carbocycles. The van der Waals surface area contributed by atoms with E-state index in [1.807, 2.05) is 19.9 Å². The molecular formula is C18H14B6FN5O. The van der Waals surface area contributed by atoms with Crippen molar-refractivity contribution in [1.82, 2.24) is 19.7 Å². The van der Waals surface area contributed by atoms with Crippen LogP contribution in [0.2, 0.25) is 0 Å². The van der Waals surface area contributed by atoms with Crippen LogP contribution in [0.25, 0.3) is 16.7 Å². The lowest BCUT2D eigenvalue weighted by Crippen LogP contribution is -2.66. The van der Waals surface area contributed by atoms with Crippen molar-refractivity contribution >= 4 is 69.8 Å². The van der Waals surface area contributed by atoms with Gasteiger partial charge in [0, 0.05) is 23.5 Å². The van der Waals surface area contributed by atoms with Crippen LogP contribution in [0.15, 0.2) is 36.7 Å². The van der Waals surface area contributed by atoms with E-state index in [9.17, 15) is 9.18 Å². The largest absolute Gasteiger partial charge is 0.364 e. The maximum Gasteiger partial charge on any atom is 0.318 e. The number of aromatic nitrogens is 3. The van der Waals surface area contributed by atoms with Crippen molar-refractivity contribution in [2.24, 2.45) is 0 Å². The number of hydrogen-bond acceptors (Lipinski definition) is 3. The van der Waals surface area contributed by atoms with Crippen LogP contribution in [0.5, 0.6) is 0 Å². The Morgan fingerprint density at radius 3 is 2.35 bits per heavy atom. The Morgan fingerprint density at radius 2 is 1.77 bits per heavy atom. The van der Waals surface area contributed by atoms with Gasteiger partial charge in [-0.25, -0.2) is 18.9 Å². The molecular weight excluding hydrogens is 386 g/mol. The minimum absolute atomic E-state index is 0.0625. The second kappa shape index (κ2) is 8.17. The van der Waals surface area contributed by atoms with Gasteiger partial charge in [-0.3, -0.25) is 0 Å². The molecule has 0 bridgehead atoms. The molecule has 1 N–H and O–H groups in total. The highest BCUT2D eigenvalue weighted by Crippen LogP contribution is 2.24. The molecule has 3 aromatic rings. The third-order valence-corrected chi connectivity index (χ3v) is 4.47. The zero-order chi connectivity index (χ0) is 23.1. The molecule has 31 heavy (non-hydrogen) atoms. The van der Waals surface area contributed by atoms with Gasteiger partial charge in [0.25, 0.3) is 0 Å². The summed E-state index contributed by atoms with van der Waals surface area (Å²) in [5, 5.41) is 2.96. The topological polar surface area (TPSA) is 63.1 Å². The number of hydrogen-bond donors (Lipinski definition) is 1. The molecule has 2 amide bonds. The summed E-state index contributed by atoms with van der Waals surface area (Å²) in [6.07, 6.45) is 3.36. The minimum Gasteiger partial charge on any atom is -0.364 e. The van der Waals surface area contributed by atoms with Crippen LogP contribution in [0.4, 0.5) is 14.9 Å². The molecule has 12 radical (unpaired) electrons. The highest BCUT2D eigenvalue weighted by molar-refractivity contribution is 6.64. The van der Waals surface area contributed by atoms with Gasteiger partial charge in [0.1, 0.15) is 11.5 Å². The second-order valence-electron chi connectivity index (χ2n) is 7.62. The summed E-state index contributed by atoms with van der Waals surface area (Å²) in [6.45, 7) is 4.08. The van der Waals surface area contributed by atoms with Crippen molar-refractivity contribution in [2.75, 3.05) is 5.32 Å². The van der Waals surface area contributed by atoms with Gasteiger partial charge in [0.05, 0.1) is 47.1 Å². The Morgan fingerprint density at radius 1 is 1.13 bits per heavy atom. The molecule has 0 aliphatic heterocycles. The lowest BCUT2D eigenvalue weighted by atomic mass is 9.40. The van der Waals surface area contributed by atoms with Crippen LogP contribution >= 0.6 is 0 Å². The molecule has 0 unspecified atom stereocenters. The molecule has 0 saturated heterocycles. The number of nitrogens with one attached hydrogen (secondary N) is 1. The highest BCUT2D eigenvalue weighted by Gasteiger charge is 2.33. The molecule has 0 fully saturated rings. The summed E-state index contributed by atoms with van der Waals surface area (Å²) >= 11 is 0. The van der Waals surface area contributed by atoms with E-state index in [-0.39, 0.29) is 17.3 Å². The molecule has 0 spiro atoms. The van der Waals surface area contributed by atoms with Gasteiger partial charge in [-0.1, -0.05) is 24.3 Å². The van der Waals surface area contributed by atoms with Gasteiger partial charge in [-0.2, -0.15) is 0 Å². The number of halogens is 1. The lowest BCUT2D eigenvalue weighted by molar-refractivity contribution is 0.210. The third kappa shape index (κ3) is 5.02. The van der Waals surface area contributed by atoms with Gasteiger partial charge in [0.15, 0.2) is 5.65 Å². The van der Waals surface area contributed by atoms with Crippen molar-refractivity contribution in [2.45, 2.75) is 30.2 Å². The fourth-order valence-electron chi connectivity index (χ4n) is 3.00. The van der Waals surface area contributed by atoms with E-state index >= 15 is 0 Å². The first-order valence-corrected chi connectivity index (χ1v) is 9.27. The lowest BCUT2D eigenvalue weighted by Gasteiger charge is -2.48. The molecule has 6 nitrogen and oxygen atoms in total. The Labute approximate surface area is 188 Å². The van der Waals surface area contributed by atoms with Gasteiger partial charge in [0.2, 0.25) is 0 Å². The number of benzene rings is 1. The molecule has 3 rings (SSSR count). The minimum atomic E-state index is -2.26. The molecule has 2 aromatic heterocycles. The fourth-order valence-corrected chi connectivity index (χ4v) is 3.00. The maximum atomic E-state index is 14.5. The van der Waals surface area contributed by atoms with Crippen LogP contribution in [0.3, 0.4) is 0 Å². The predicted molar refractivity (Wildman–Crippen MR) is 124 cm³/mol. The predicted octanol–water partition coefficient (Wildman–Crippen LogP) is 0.750. The number of carbonyl (C=O) groups is 1. The standard InChI is InChI=1S/C18H14B6FN5O/c1-9(2)10-5-11-8-29(28-15(11)26-7-10)14-6-12(3-4-13(14)25)27-16(31)30(17(19,20)21)18(22,23)24/h3-9H,1-2H3,(H,27,31). The normalized spacial score (nSPS) is 12.3. The smallest absolute Gasteiger partial charge is 0.318 e. The summed E-state index contributed by atoms with van der Waals surface area (Å²) < 4.78 is 15.9. The van der Waals surface area contributed by atoms with Gasteiger partial charge < -0.3 is 10.2 Å². The summed E-state index contributed by atoms with van der Waals surface area (Å²) in [5.41, 5.74) is 1.70. The number of amides is 2. The average molecular weight is 400 g/mol. The number of carbonyl (C=O) groups excluding carboxylic acids is 1. The number of urea groups is 1. The highest BCUT2D eigenvalue weighted by atomic mass is 19.1. The Balaban J connectivity index is 1.95. The molecule has 142 valence electrons. The monoisotopic (exact) mass is 401 g/mol. The van der Waals surface area contributed by atoms with Gasteiger partial charge in [-0.15, -0.1) is 5.10 Å². The van der Waals surface area contributed by atoms with Crippen molar-refractivity contribution in [3.05, 3.63) is 48.0 Å². The first-order valence-electron chi connectivity index (χ1n) is 9.27. The first-order chi connectivity index (χ1) is 14.3. The van der Waals surface area contributed by atoms with Crippen molar-refractivity contribution in [1.29, 1.82) is 0 Å². The van der Waals surface area contributed by atoms with E-state index in [0.29, 0.717) is 10.5 Å². The van der Waals surface area contributed by atoms with E-state index in [1.54, 1.807) is 12.4 Å². The number of nitrogens with zero attached hydrogens (tertiary/aromatic N) is 4. The zero-order valence-electron chi connectivity index (χ0n) is 17.1. The second-order valence-corrected chi connectivity index (χ2v) is 7.62. The molecule has 0 atom stereocenters. The molecule has 0 aliphatic carbocycles. The maximum absolute atomic E-state index is 14.5. The van der Waals surface area contributed by atoms with Crippen LogP contribution in [0, 0.1) is 5.82 Å². The van der Waals surface area contributed by atoms with Crippen LogP contribution < -0.4 is 5.32 Å². The van der Waals surface area contributed by atoms with Gasteiger partial charge >= 0.3 is 6.03 Å². The number of rotatable bonds is 5. The Bertz CT molecular complexity index is 1110.